The standard InChI is InChI=1S/C13H18N2O2/c1-9-5-4-8-15(10(9)2)13(17)11-6-3-7-12(16)14-11/h3,6-7,9-10H,4-5,8H2,1-2H3,(H,14,16). The van der Waals surface area contributed by atoms with E-state index in [2.05, 4.69) is 18.8 Å². The highest BCUT2D eigenvalue weighted by Gasteiger charge is 2.29. The maximum atomic E-state index is 12.3. The van der Waals surface area contributed by atoms with E-state index in [0.717, 1.165) is 19.4 Å². The lowest BCUT2D eigenvalue weighted by molar-refractivity contribution is 0.0545. The number of piperidine rings is 1. The second kappa shape index (κ2) is 4.73. The molecule has 92 valence electrons. The number of aromatic nitrogens is 1. The number of H-pyrrole nitrogens is 1. The fourth-order valence-corrected chi connectivity index (χ4v) is 2.35. The van der Waals surface area contributed by atoms with Crippen LogP contribution >= 0.6 is 0 Å². The van der Waals surface area contributed by atoms with Crippen molar-refractivity contribution in [2.24, 2.45) is 5.92 Å². The molecule has 2 heterocycles. The summed E-state index contributed by atoms with van der Waals surface area (Å²) in [4.78, 5) is 27.9. The summed E-state index contributed by atoms with van der Waals surface area (Å²) in [5, 5.41) is 0. The van der Waals surface area contributed by atoms with Gasteiger partial charge in [0.15, 0.2) is 0 Å². The Labute approximate surface area is 101 Å². The number of carbonyl (C=O) groups is 1. The quantitative estimate of drug-likeness (QED) is 0.803. The second-order valence-electron chi connectivity index (χ2n) is 4.79. The molecule has 0 saturated carbocycles. The van der Waals surface area contributed by atoms with E-state index in [4.69, 9.17) is 0 Å². The molecular formula is C13H18N2O2. The molecule has 1 aromatic rings. The Bertz CT molecular complexity index is 466. The second-order valence-corrected chi connectivity index (χ2v) is 4.79. The van der Waals surface area contributed by atoms with E-state index in [1.807, 2.05) is 4.90 Å². The number of nitrogens with one attached hydrogen (secondary N) is 1. The minimum absolute atomic E-state index is 0.0678. The Morgan fingerprint density at radius 2 is 2.18 bits per heavy atom. The summed E-state index contributed by atoms with van der Waals surface area (Å²) in [5.74, 6) is 0.449. The highest BCUT2D eigenvalue weighted by atomic mass is 16.2. The summed E-state index contributed by atoms with van der Waals surface area (Å²) in [6.07, 6.45) is 2.20. The van der Waals surface area contributed by atoms with Gasteiger partial charge in [-0.2, -0.15) is 0 Å². The molecule has 1 aliphatic heterocycles. The molecule has 4 nitrogen and oxygen atoms in total. The van der Waals surface area contributed by atoms with E-state index in [9.17, 15) is 9.59 Å². The Balaban J connectivity index is 2.22. The molecule has 0 aliphatic carbocycles. The van der Waals surface area contributed by atoms with E-state index in [1.54, 1.807) is 12.1 Å². The largest absolute Gasteiger partial charge is 0.334 e. The van der Waals surface area contributed by atoms with Crippen LogP contribution in [0.25, 0.3) is 0 Å². The highest BCUT2D eigenvalue weighted by Crippen LogP contribution is 2.23. The van der Waals surface area contributed by atoms with Crippen LogP contribution in [0.1, 0.15) is 37.2 Å². The number of carbonyl (C=O) groups excluding carboxylic acids is 1. The molecule has 4 heteroatoms. The first-order valence-corrected chi connectivity index (χ1v) is 6.10. The summed E-state index contributed by atoms with van der Waals surface area (Å²) < 4.78 is 0. The Morgan fingerprint density at radius 1 is 1.41 bits per heavy atom. The van der Waals surface area contributed by atoms with Crippen molar-refractivity contribution in [2.45, 2.75) is 32.7 Å². The van der Waals surface area contributed by atoms with Gasteiger partial charge in [-0.25, -0.2) is 0 Å². The first-order valence-electron chi connectivity index (χ1n) is 6.10. The lowest BCUT2D eigenvalue weighted by Gasteiger charge is -2.37. The summed E-state index contributed by atoms with van der Waals surface area (Å²) in [7, 11) is 0. The third-order valence-electron chi connectivity index (χ3n) is 3.63. The van der Waals surface area contributed by atoms with Crippen molar-refractivity contribution < 1.29 is 4.79 Å². The zero-order valence-corrected chi connectivity index (χ0v) is 10.3. The van der Waals surface area contributed by atoms with Crippen LogP contribution in [0.5, 0.6) is 0 Å². The molecule has 2 atom stereocenters. The topological polar surface area (TPSA) is 53.2 Å². The van der Waals surface area contributed by atoms with Gasteiger partial charge in [0, 0.05) is 18.7 Å². The van der Waals surface area contributed by atoms with Crippen LogP contribution in [-0.2, 0) is 0 Å². The minimum atomic E-state index is -0.228. The van der Waals surface area contributed by atoms with Gasteiger partial charge in [-0.1, -0.05) is 13.0 Å². The number of pyridine rings is 1. The van der Waals surface area contributed by atoms with E-state index in [0.29, 0.717) is 11.6 Å². The normalized spacial score (nSPS) is 24.7. The molecule has 0 aromatic carbocycles. The van der Waals surface area contributed by atoms with Crippen molar-refractivity contribution in [1.82, 2.24) is 9.88 Å². The van der Waals surface area contributed by atoms with Crippen LogP contribution < -0.4 is 5.56 Å². The van der Waals surface area contributed by atoms with Gasteiger partial charge >= 0.3 is 0 Å². The van der Waals surface area contributed by atoms with Gasteiger partial charge in [0.2, 0.25) is 5.56 Å². The SMILES string of the molecule is CC1CCCN(C(=O)c2cccc(=O)[nH]2)C1C. The molecule has 1 amide bonds. The first-order chi connectivity index (χ1) is 8.09. The number of hydrogen-bond donors (Lipinski definition) is 1. The molecule has 1 saturated heterocycles. The van der Waals surface area contributed by atoms with Gasteiger partial charge in [-0.15, -0.1) is 0 Å². The number of aromatic amines is 1. The van der Waals surface area contributed by atoms with Gasteiger partial charge in [0.25, 0.3) is 5.91 Å². The lowest BCUT2D eigenvalue weighted by Crippen LogP contribution is -2.46. The van der Waals surface area contributed by atoms with Crippen LogP contribution in [-0.4, -0.2) is 28.4 Å². The third-order valence-corrected chi connectivity index (χ3v) is 3.63. The van der Waals surface area contributed by atoms with Crippen molar-refractivity contribution >= 4 is 5.91 Å². The molecule has 0 radical (unpaired) electrons. The average Bonchev–Trinajstić information content (AvgIpc) is 2.32. The summed E-state index contributed by atoms with van der Waals surface area (Å²) in [6.45, 7) is 5.02. The molecule has 2 rings (SSSR count). The fourth-order valence-electron chi connectivity index (χ4n) is 2.35. The van der Waals surface area contributed by atoms with Crippen molar-refractivity contribution in [1.29, 1.82) is 0 Å². The average molecular weight is 234 g/mol. The van der Waals surface area contributed by atoms with Gasteiger partial charge in [0.05, 0.1) is 0 Å². The Kier molecular flexibility index (Phi) is 3.31. The van der Waals surface area contributed by atoms with Crippen LogP contribution in [0.2, 0.25) is 0 Å². The molecule has 1 aliphatic rings. The smallest absolute Gasteiger partial charge is 0.270 e. The number of amides is 1. The summed E-state index contributed by atoms with van der Waals surface area (Å²) in [6, 6.07) is 4.93. The lowest BCUT2D eigenvalue weighted by atomic mass is 9.92. The zero-order chi connectivity index (χ0) is 12.4. The van der Waals surface area contributed by atoms with Crippen LogP contribution in [0.4, 0.5) is 0 Å². The minimum Gasteiger partial charge on any atom is -0.334 e. The zero-order valence-electron chi connectivity index (χ0n) is 10.3. The summed E-state index contributed by atoms with van der Waals surface area (Å²) >= 11 is 0. The van der Waals surface area contributed by atoms with E-state index in [-0.39, 0.29) is 17.5 Å². The molecule has 17 heavy (non-hydrogen) atoms. The van der Waals surface area contributed by atoms with Gasteiger partial charge < -0.3 is 9.88 Å². The predicted octanol–water partition coefficient (Wildman–Crippen LogP) is 1.64. The van der Waals surface area contributed by atoms with Crippen molar-refractivity contribution in [3.63, 3.8) is 0 Å². The fraction of sp³-hybridized carbons (Fsp3) is 0.538. The molecule has 1 aromatic heterocycles. The monoisotopic (exact) mass is 234 g/mol. The maximum absolute atomic E-state index is 12.3. The molecule has 0 bridgehead atoms. The molecule has 2 unspecified atom stereocenters. The van der Waals surface area contributed by atoms with Gasteiger partial charge in [-0.3, -0.25) is 9.59 Å². The summed E-state index contributed by atoms with van der Waals surface area (Å²) in [5.41, 5.74) is 0.159. The van der Waals surface area contributed by atoms with Crippen LogP contribution in [0.15, 0.2) is 23.0 Å². The maximum Gasteiger partial charge on any atom is 0.270 e. The number of hydrogen-bond acceptors (Lipinski definition) is 2. The Morgan fingerprint density at radius 3 is 2.88 bits per heavy atom. The van der Waals surface area contributed by atoms with Crippen LogP contribution in [0.3, 0.4) is 0 Å². The van der Waals surface area contributed by atoms with Gasteiger partial charge in [0.1, 0.15) is 5.69 Å². The van der Waals surface area contributed by atoms with E-state index < -0.39 is 0 Å². The molecular weight excluding hydrogens is 216 g/mol. The predicted molar refractivity (Wildman–Crippen MR) is 66.0 cm³/mol. The van der Waals surface area contributed by atoms with Crippen molar-refractivity contribution in [3.05, 3.63) is 34.2 Å². The van der Waals surface area contributed by atoms with Crippen LogP contribution in [0, 0.1) is 5.92 Å². The number of nitrogens with zero attached hydrogens (tertiary/aromatic N) is 1. The third kappa shape index (κ3) is 2.40. The van der Waals surface area contributed by atoms with Crippen molar-refractivity contribution in [3.8, 4) is 0 Å². The van der Waals surface area contributed by atoms with E-state index >= 15 is 0 Å². The molecule has 0 spiro atoms. The van der Waals surface area contributed by atoms with E-state index in [1.165, 1.54) is 6.07 Å². The number of rotatable bonds is 1. The number of likely N-dealkylation sites (tertiary alicyclic amines) is 1. The Hall–Kier alpha value is -1.58. The first kappa shape index (κ1) is 11.9. The van der Waals surface area contributed by atoms with Gasteiger partial charge in [-0.05, 0) is 31.7 Å². The highest BCUT2D eigenvalue weighted by molar-refractivity contribution is 5.92. The molecule has 1 N–H and O–H groups in total. The van der Waals surface area contributed by atoms with Crippen molar-refractivity contribution in [2.75, 3.05) is 6.54 Å². The molecule has 1 fully saturated rings.